The molecule has 2 aromatic carbocycles. The molecule has 0 saturated heterocycles. The number of carbonyl (C=O) groups excluding carboxylic acids is 2. The summed E-state index contributed by atoms with van der Waals surface area (Å²) in [7, 11) is 1.21. The van der Waals surface area contributed by atoms with Crippen molar-refractivity contribution in [3.8, 4) is 11.5 Å². The quantitative estimate of drug-likeness (QED) is 0.434. The minimum absolute atomic E-state index is 0.0749. The number of carbonyl (C=O) groups is 2. The first-order chi connectivity index (χ1) is 13.2. The lowest BCUT2D eigenvalue weighted by Crippen LogP contribution is -2.13. The van der Waals surface area contributed by atoms with Crippen LogP contribution in [0, 0.1) is 0 Å². The molecule has 0 spiro atoms. The van der Waals surface area contributed by atoms with E-state index >= 15 is 0 Å². The van der Waals surface area contributed by atoms with E-state index in [0.717, 1.165) is 12.1 Å². The van der Waals surface area contributed by atoms with E-state index in [0.29, 0.717) is 18.0 Å². The van der Waals surface area contributed by atoms with E-state index in [2.05, 4.69) is 10.1 Å². The summed E-state index contributed by atoms with van der Waals surface area (Å²) in [5.41, 5.74) is -0.125. The molecule has 0 fully saturated rings. The van der Waals surface area contributed by atoms with E-state index in [1.165, 1.54) is 38.3 Å². The molecule has 0 unspecified atom stereocenters. The van der Waals surface area contributed by atoms with Gasteiger partial charge in [-0.25, -0.2) is 4.79 Å². The van der Waals surface area contributed by atoms with Crippen molar-refractivity contribution in [3.05, 3.63) is 53.6 Å². The fraction of sp³-hybridized carbons (Fsp3) is 0.263. The summed E-state index contributed by atoms with van der Waals surface area (Å²) in [5.74, 6) is -0.863. The summed E-state index contributed by atoms with van der Waals surface area (Å²) in [6.45, 7) is 1.70. The van der Waals surface area contributed by atoms with Gasteiger partial charge in [0.2, 0.25) is 0 Å². The van der Waals surface area contributed by atoms with E-state index in [1.807, 2.05) is 0 Å². The molecule has 0 aliphatic rings. The molecular formula is C19H18F3NO5. The van der Waals surface area contributed by atoms with E-state index < -0.39 is 23.7 Å². The standard InChI is InChI=1S/C19H18F3NO5/c1-12(24)28-17-8-5-14(11-16(17)18(25)26-2)23-9-10-27-15-6-3-13(4-7-15)19(20,21)22/h3-8,11,23H,9-10H2,1-2H3. The highest BCUT2D eigenvalue weighted by atomic mass is 19.4. The molecular weight excluding hydrogens is 379 g/mol. The van der Waals surface area contributed by atoms with Crippen molar-refractivity contribution in [2.24, 2.45) is 0 Å². The fourth-order valence-electron chi connectivity index (χ4n) is 2.26. The molecule has 0 saturated carbocycles. The number of ether oxygens (including phenoxy) is 3. The highest BCUT2D eigenvalue weighted by molar-refractivity contribution is 5.94. The molecule has 0 atom stereocenters. The van der Waals surface area contributed by atoms with E-state index in [-0.39, 0.29) is 17.9 Å². The number of hydrogen-bond acceptors (Lipinski definition) is 6. The molecule has 0 amide bonds. The maximum absolute atomic E-state index is 12.5. The van der Waals surface area contributed by atoms with Crippen molar-refractivity contribution in [1.82, 2.24) is 0 Å². The van der Waals surface area contributed by atoms with E-state index in [1.54, 1.807) is 6.07 Å². The van der Waals surface area contributed by atoms with Crippen LogP contribution in [-0.2, 0) is 15.7 Å². The van der Waals surface area contributed by atoms with Gasteiger partial charge in [-0.15, -0.1) is 0 Å². The van der Waals surface area contributed by atoms with E-state index in [4.69, 9.17) is 9.47 Å². The third-order valence-corrected chi connectivity index (χ3v) is 3.52. The number of alkyl halides is 3. The highest BCUT2D eigenvalue weighted by Crippen LogP contribution is 2.30. The molecule has 2 rings (SSSR count). The summed E-state index contributed by atoms with van der Waals surface area (Å²) in [4.78, 5) is 22.9. The Balaban J connectivity index is 1.93. The lowest BCUT2D eigenvalue weighted by molar-refractivity contribution is -0.137. The Bertz CT molecular complexity index is 834. The van der Waals surface area contributed by atoms with Gasteiger partial charge in [-0.1, -0.05) is 0 Å². The average molecular weight is 397 g/mol. The Morgan fingerprint density at radius 2 is 1.75 bits per heavy atom. The Kier molecular flexibility index (Phi) is 6.86. The largest absolute Gasteiger partial charge is 0.492 e. The first kappa shape index (κ1) is 21.1. The van der Waals surface area contributed by atoms with Crippen LogP contribution in [-0.4, -0.2) is 32.2 Å². The van der Waals surface area contributed by atoms with Gasteiger partial charge in [0.05, 0.1) is 12.7 Å². The molecule has 0 aromatic heterocycles. The lowest BCUT2D eigenvalue weighted by Gasteiger charge is -2.12. The number of hydrogen-bond donors (Lipinski definition) is 1. The van der Waals surface area contributed by atoms with Crippen LogP contribution in [0.2, 0.25) is 0 Å². The maximum atomic E-state index is 12.5. The van der Waals surface area contributed by atoms with Crippen molar-refractivity contribution in [1.29, 1.82) is 0 Å². The minimum atomic E-state index is -4.39. The van der Waals surface area contributed by atoms with Crippen molar-refractivity contribution in [2.75, 3.05) is 25.6 Å². The first-order valence-electron chi connectivity index (χ1n) is 8.15. The van der Waals surface area contributed by atoms with E-state index in [9.17, 15) is 22.8 Å². The van der Waals surface area contributed by atoms with Crippen LogP contribution in [0.1, 0.15) is 22.8 Å². The summed E-state index contributed by atoms with van der Waals surface area (Å²) in [5, 5.41) is 3.00. The molecule has 9 heteroatoms. The molecule has 28 heavy (non-hydrogen) atoms. The van der Waals surface area contributed by atoms with Gasteiger partial charge < -0.3 is 19.5 Å². The Hall–Kier alpha value is -3.23. The molecule has 2 aromatic rings. The van der Waals surface area contributed by atoms with Gasteiger partial charge in [-0.05, 0) is 42.5 Å². The average Bonchev–Trinajstić information content (AvgIpc) is 2.64. The van der Waals surface area contributed by atoms with Gasteiger partial charge in [-0.2, -0.15) is 13.2 Å². The zero-order valence-electron chi connectivity index (χ0n) is 15.1. The van der Waals surface area contributed by atoms with Gasteiger partial charge in [0, 0.05) is 19.2 Å². The van der Waals surface area contributed by atoms with Crippen molar-refractivity contribution < 1.29 is 37.0 Å². The molecule has 0 aliphatic carbocycles. The second-order valence-electron chi connectivity index (χ2n) is 5.59. The van der Waals surface area contributed by atoms with Gasteiger partial charge in [0.1, 0.15) is 23.7 Å². The number of benzene rings is 2. The number of halogens is 3. The van der Waals surface area contributed by atoms with Gasteiger partial charge in [0.25, 0.3) is 0 Å². The number of esters is 2. The normalized spacial score (nSPS) is 10.9. The van der Waals surface area contributed by atoms with Crippen LogP contribution in [0.15, 0.2) is 42.5 Å². The second kappa shape index (κ2) is 9.12. The van der Waals surface area contributed by atoms with Crippen molar-refractivity contribution in [3.63, 3.8) is 0 Å². The van der Waals surface area contributed by atoms with Crippen LogP contribution in [0.25, 0.3) is 0 Å². The van der Waals surface area contributed by atoms with Crippen LogP contribution < -0.4 is 14.8 Å². The zero-order chi connectivity index (χ0) is 20.7. The fourth-order valence-corrected chi connectivity index (χ4v) is 2.26. The smallest absolute Gasteiger partial charge is 0.416 e. The molecule has 0 heterocycles. The third kappa shape index (κ3) is 5.90. The second-order valence-corrected chi connectivity index (χ2v) is 5.59. The van der Waals surface area contributed by atoms with Gasteiger partial charge in [0.15, 0.2) is 0 Å². The summed E-state index contributed by atoms with van der Waals surface area (Å²) in [6.07, 6.45) is -4.39. The first-order valence-corrected chi connectivity index (χ1v) is 8.15. The number of rotatable bonds is 7. The minimum Gasteiger partial charge on any atom is -0.492 e. The van der Waals surface area contributed by atoms with Crippen LogP contribution >= 0.6 is 0 Å². The van der Waals surface area contributed by atoms with Gasteiger partial charge >= 0.3 is 18.1 Å². The van der Waals surface area contributed by atoms with Crippen molar-refractivity contribution in [2.45, 2.75) is 13.1 Å². The lowest BCUT2D eigenvalue weighted by atomic mass is 10.1. The zero-order valence-corrected chi connectivity index (χ0v) is 15.1. The SMILES string of the molecule is COC(=O)c1cc(NCCOc2ccc(C(F)(F)F)cc2)ccc1OC(C)=O. The molecule has 6 nitrogen and oxygen atoms in total. The molecule has 150 valence electrons. The Morgan fingerprint density at radius 3 is 2.32 bits per heavy atom. The third-order valence-electron chi connectivity index (χ3n) is 3.52. The number of nitrogens with one attached hydrogen (secondary N) is 1. The molecule has 0 radical (unpaired) electrons. The number of anilines is 1. The van der Waals surface area contributed by atoms with Crippen molar-refractivity contribution >= 4 is 17.6 Å². The summed E-state index contributed by atoms with van der Waals surface area (Å²) in [6, 6.07) is 8.88. The number of methoxy groups -OCH3 is 1. The topological polar surface area (TPSA) is 73.9 Å². The molecule has 1 N–H and O–H groups in total. The molecule has 0 bridgehead atoms. The monoisotopic (exact) mass is 397 g/mol. The maximum Gasteiger partial charge on any atom is 0.416 e. The Morgan fingerprint density at radius 1 is 1.07 bits per heavy atom. The highest BCUT2D eigenvalue weighted by Gasteiger charge is 2.30. The summed E-state index contributed by atoms with van der Waals surface area (Å²) < 4.78 is 52.6. The molecule has 0 aliphatic heterocycles. The van der Waals surface area contributed by atoms with Gasteiger partial charge in [-0.3, -0.25) is 4.79 Å². The predicted octanol–water partition coefficient (Wildman–Crippen LogP) is 3.91. The van der Waals surface area contributed by atoms with Crippen LogP contribution in [0.3, 0.4) is 0 Å². The van der Waals surface area contributed by atoms with Crippen LogP contribution in [0.4, 0.5) is 18.9 Å². The summed E-state index contributed by atoms with van der Waals surface area (Å²) >= 11 is 0. The van der Waals surface area contributed by atoms with Crippen LogP contribution in [0.5, 0.6) is 11.5 Å². The Labute approximate surface area is 159 Å². The predicted molar refractivity (Wildman–Crippen MR) is 94.5 cm³/mol.